The molecule has 0 aliphatic rings. The van der Waals surface area contributed by atoms with Crippen LogP contribution in [0.5, 0.6) is 0 Å². The number of hydrogen-bond acceptors (Lipinski definition) is 2. The van der Waals surface area contributed by atoms with Crippen molar-refractivity contribution in [3.8, 4) is 0 Å². The minimum absolute atomic E-state index is 0.599. The third kappa shape index (κ3) is 5.18. The normalized spacial score (nSPS) is 12.6. The molecule has 1 atom stereocenters. The van der Waals surface area contributed by atoms with Crippen LogP contribution < -0.4 is 0 Å². The van der Waals surface area contributed by atoms with Gasteiger partial charge in [-0.3, -0.25) is 0 Å². The molecule has 1 heterocycles. The van der Waals surface area contributed by atoms with Crippen LogP contribution in [-0.4, -0.2) is 42.1 Å². The molecule has 1 N–H and O–H groups in total. The van der Waals surface area contributed by atoms with Gasteiger partial charge in [0.1, 0.15) is 0 Å². The number of aliphatic hydroxyl groups excluding tert-OH is 1. The van der Waals surface area contributed by atoms with E-state index in [1.165, 1.54) is 11.1 Å². The molecular weight excluding hydrogens is 418 g/mol. The van der Waals surface area contributed by atoms with Gasteiger partial charge < -0.3 is 0 Å². The van der Waals surface area contributed by atoms with Crippen LogP contribution in [0, 0.1) is 0 Å². The molecule has 0 radical (unpaired) electrons. The van der Waals surface area contributed by atoms with Gasteiger partial charge in [0.25, 0.3) is 0 Å². The number of rotatable bonds is 9. The number of imidazole rings is 1. The van der Waals surface area contributed by atoms with Gasteiger partial charge in [0.2, 0.25) is 0 Å². The van der Waals surface area contributed by atoms with Crippen LogP contribution in [-0.2, 0) is 12.8 Å². The second-order valence-electron chi connectivity index (χ2n) is 6.62. The van der Waals surface area contributed by atoms with Crippen LogP contribution in [0.25, 0.3) is 6.20 Å². The number of aromatic nitrogens is 2. The predicted molar refractivity (Wildman–Crippen MR) is 116 cm³/mol. The van der Waals surface area contributed by atoms with Gasteiger partial charge in [-0.15, -0.1) is 0 Å². The van der Waals surface area contributed by atoms with Crippen LogP contribution in [0.4, 0.5) is 0 Å². The monoisotopic (exact) mass is 444 g/mol. The molecule has 5 heteroatoms. The standard InChI is InChI=1S/C22H25N2OPSe/c1-2-24-16-15-23-21(24)22(25)26(27,17-13-19-9-5-3-6-10-19)18-14-20-11-7-4-8-12-20/h2-12,15-16,22,25H,1,13-14,17-18H2. The summed E-state index contributed by atoms with van der Waals surface area (Å²) in [4.78, 5) is 4.41. The SMILES string of the molecule is C=Cn1ccnc1C(O)P(=[Se])(CCc1ccccc1)CCc1ccccc1. The van der Waals surface area contributed by atoms with Gasteiger partial charge >= 0.3 is 169 Å². The first kappa shape index (κ1) is 20.0. The van der Waals surface area contributed by atoms with E-state index in [1.54, 1.807) is 12.4 Å². The zero-order valence-corrected chi connectivity index (χ0v) is 17.9. The molecule has 1 aromatic heterocycles. The summed E-state index contributed by atoms with van der Waals surface area (Å²) < 4.78 is 1.82. The van der Waals surface area contributed by atoms with Gasteiger partial charge in [-0.2, -0.15) is 0 Å². The molecule has 0 aliphatic heterocycles. The van der Waals surface area contributed by atoms with E-state index in [2.05, 4.69) is 75.2 Å². The van der Waals surface area contributed by atoms with Crippen molar-refractivity contribution in [2.75, 3.05) is 12.3 Å². The van der Waals surface area contributed by atoms with Crippen molar-refractivity contribution >= 4 is 26.8 Å². The molecule has 27 heavy (non-hydrogen) atoms. The van der Waals surface area contributed by atoms with Gasteiger partial charge in [0.15, 0.2) is 0 Å². The number of benzene rings is 2. The number of hydrogen-bond donors (Lipinski definition) is 1. The fourth-order valence-corrected chi connectivity index (χ4v) is 7.52. The molecule has 0 fully saturated rings. The molecule has 2 aromatic carbocycles. The Balaban J connectivity index is 1.82. The Bertz CT molecular complexity index is 861. The Hall–Kier alpha value is -1.70. The molecule has 0 amide bonds. The summed E-state index contributed by atoms with van der Waals surface area (Å²) in [7, 11) is 0. The first-order valence-electron chi connectivity index (χ1n) is 9.11. The third-order valence-electron chi connectivity index (χ3n) is 4.82. The zero-order valence-electron chi connectivity index (χ0n) is 15.3. The van der Waals surface area contributed by atoms with Crippen molar-refractivity contribution in [1.29, 1.82) is 0 Å². The minimum atomic E-state index is -1.82. The first-order chi connectivity index (χ1) is 13.1. The van der Waals surface area contributed by atoms with Gasteiger partial charge in [-0.25, -0.2) is 0 Å². The van der Waals surface area contributed by atoms with E-state index in [9.17, 15) is 5.11 Å². The summed E-state index contributed by atoms with van der Waals surface area (Å²) in [6, 6.07) is 21.0. The number of aliphatic hydroxyl groups is 1. The molecule has 3 aromatic rings. The van der Waals surface area contributed by atoms with E-state index < -0.39 is 11.4 Å². The Kier molecular flexibility index (Phi) is 7.04. The van der Waals surface area contributed by atoms with E-state index in [-0.39, 0.29) is 0 Å². The predicted octanol–water partition coefficient (Wildman–Crippen LogP) is 4.56. The Morgan fingerprint density at radius 1 is 1.00 bits per heavy atom. The van der Waals surface area contributed by atoms with Crippen LogP contribution in [0.15, 0.2) is 79.6 Å². The summed E-state index contributed by atoms with van der Waals surface area (Å²) >= 11 is 3.44. The van der Waals surface area contributed by atoms with Gasteiger partial charge in [0.05, 0.1) is 0 Å². The average Bonchev–Trinajstić information content (AvgIpc) is 3.20. The van der Waals surface area contributed by atoms with E-state index in [0.29, 0.717) is 5.82 Å². The van der Waals surface area contributed by atoms with Crippen molar-refractivity contribution in [2.45, 2.75) is 18.7 Å². The molecule has 0 spiro atoms. The number of aryl methyl sites for hydroxylation is 2. The molecule has 0 bridgehead atoms. The quantitative estimate of drug-likeness (QED) is 0.389. The zero-order chi connectivity index (χ0) is 19.1. The molecular formula is C22H25N2OPSe. The summed E-state index contributed by atoms with van der Waals surface area (Å²) in [5.41, 5.74) is 0.783. The second-order valence-corrected chi connectivity index (χ2v) is 14.5. The molecule has 0 saturated heterocycles. The summed E-state index contributed by atoms with van der Waals surface area (Å²) in [5.74, 6) is 0.0798. The van der Waals surface area contributed by atoms with E-state index >= 15 is 0 Å². The molecule has 3 nitrogen and oxygen atoms in total. The summed E-state index contributed by atoms with van der Waals surface area (Å²) in [5, 5.41) is 11.3. The maximum atomic E-state index is 11.3. The summed E-state index contributed by atoms with van der Waals surface area (Å²) in [6.07, 6.45) is 9.03. The van der Waals surface area contributed by atoms with Crippen molar-refractivity contribution < 1.29 is 5.11 Å². The van der Waals surface area contributed by atoms with Crippen molar-refractivity contribution in [2.24, 2.45) is 0 Å². The topological polar surface area (TPSA) is 38.0 Å². The molecule has 3 rings (SSSR count). The van der Waals surface area contributed by atoms with Crippen LogP contribution >= 0.6 is 5.51 Å². The fraction of sp³-hybridized carbons (Fsp3) is 0.227. The fourth-order valence-electron chi connectivity index (χ4n) is 3.17. The maximum absolute atomic E-state index is 11.3. The van der Waals surface area contributed by atoms with Crippen molar-refractivity contribution in [1.82, 2.24) is 9.55 Å². The van der Waals surface area contributed by atoms with Gasteiger partial charge in [-0.1, -0.05) is 0 Å². The summed E-state index contributed by atoms with van der Waals surface area (Å²) in [6.45, 7) is 3.83. The Morgan fingerprint density at radius 3 is 2.00 bits per heavy atom. The average molecular weight is 443 g/mol. The van der Waals surface area contributed by atoms with Crippen molar-refractivity contribution in [3.63, 3.8) is 0 Å². The van der Waals surface area contributed by atoms with Gasteiger partial charge in [-0.05, 0) is 0 Å². The van der Waals surface area contributed by atoms with Crippen molar-refractivity contribution in [3.05, 3.63) is 96.6 Å². The molecule has 0 saturated carbocycles. The van der Waals surface area contributed by atoms with Gasteiger partial charge in [0, 0.05) is 0 Å². The van der Waals surface area contributed by atoms with Crippen LogP contribution in [0.1, 0.15) is 22.8 Å². The van der Waals surface area contributed by atoms with E-state index in [4.69, 9.17) is 0 Å². The Labute approximate surface area is 169 Å². The molecule has 1 unspecified atom stereocenters. The molecule has 140 valence electrons. The number of nitrogens with zero attached hydrogens (tertiary/aromatic N) is 2. The molecule has 0 aliphatic carbocycles. The van der Waals surface area contributed by atoms with Crippen LogP contribution in [0.3, 0.4) is 0 Å². The first-order valence-corrected chi connectivity index (χ1v) is 13.6. The Morgan fingerprint density at radius 2 is 1.52 bits per heavy atom. The third-order valence-corrected chi connectivity index (χ3v) is 11.5. The van der Waals surface area contributed by atoms with Crippen LogP contribution in [0.2, 0.25) is 0 Å². The van der Waals surface area contributed by atoms with E-state index in [1.807, 2.05) is 22.9 Å². The van der Waals surface area contributed by atoms with E-state index in [0.717, 1.165) is 25.2 Å². The second kappa shape index (κ2) is 9.48.